The summed E-state index contributed by atoms with van der Waals surface area (Å²) in [4.78, 5) is 17.2. The molecule has 1 aromatic carbocycles. The summed E-state index contributed by atoms with van der Waals surface area (Å²) in [6.45, 7) is 6.34. The molecule has 2 heterocycles. The van der Waals surface area contributed by atoms with Gasteiger partial charge in [0, 0.05) is 23.5 Å². The molecular weight excluding hydrogens is 316 g/mol. The van der Waals surface area contributed by atoms with Gasteiger partial charge in [-0.1, -0.05) is 18.2 Å². The molecule has 0 bridgehead atoms. The quantitative estimate of drug-likeness (QED) is 0.775. The Morgan fingerprint density at radius 1 is 1.32 bits per heavy atom. The molecule has 130 valence electrons. The number of rotatable bonds is 5. The summed E-state index contributed by atoms with van der Waals surface area (Å²) in [7, 11) is 1.62. The van der Waals surface area contributed by atoms with Crippen molar-refractivity contribution in [2.24, 2.45) is 0 Å². The first-order chi connectivity index (χ1) is 12.0. The minimum atomic E-state index is -0.157. The summed E-state index contributed by atoms with van der Waals surface area (Å²) in [6, 6.07) is 9.69. The van der Waals surface area contributed by atoms with Gasteiger partial charge in [-0.25, -0.2) is 9.67 Å². The third-order valence-electron chi connectivity index (χ3n) is 4.13. The lowest BCUT2D eigenvalue weighted by molar-refractivity contribution is 0.0950. The summed E-state index contributed by atoms with van der Waals surface area (Å²) >= 11 is 0. The van der Waals surface area contributed by atoms with Crippen LogP contribution in [0, 0.1) is 6.92 Å². The number of ether oxygens (including phenoxy) is 1. The summed E-state index contributed by atoms with van der Waals surface area (Å²) in [5.41, 5.74) is 2.98. The molecule has 3 aromatic rings. The van der Waals surface area contributed by atoms with E-state index in [4.69, 9.17) is 4.74 Å². The van der Waals surface area contributed by atoms with E-state index in [0.29, 0.717) is 17.8 Å². The first-order valence-corrected chi connectivity index (χ1v) is 8.26. The molecule has 1 N–H and O–H groups in total. The van der Waals surface area contributed by atoms with Crippen LogP contribution < -0.4 is 10.1 Å². The SMILES string of the molecule is COc1ccccc1CNC(=O)c1cc2cnn(C(C)C)c2nc1C. The van der Waals surface area contributed by atoms with Gasteiger partial charge in [-0.15, -0.1) is 0 Å². The number of nitrogens with one attached hydrogen (secondary N) is 1. The van der Waals surface area contributed by atoms with Crippen molar-refractivity contribution in [1.29, 1.82) is 0 Å². The van der Waals surface area contributed by atoms with E-state index in [2.05, 4.69) is 29.2 Å². The van der Waals surface area contributed by atoms with Crippen LogP contribution in [-0.2, 0) is 6.54 Å². The van der Waals surface area contributed by atoms with Crippen LogP contribution in [0.4, 0.5) is 0 Å². The number of fused-ring (bicyclic) bond motifs is 1. The second-order valence-corrected chi connectivity index (χ2v) is 6.21. The number of benzene rings is 1. The minimum absolute atomic E-state index is 0.157. The Labute approximate surface area is 146 Å². The maximum atomic E-state index is 12.6. The molecule has 0 saturated carbocycles. The molecule has 0 aliphatic heterocycles. The average molecular weight is 338 g/mol. The van der Waals surface area contributed by atoms with Crippen molar-refractivity contribution in [2.45, 2.75) is 33.4 Å². The standard InChI is InChI=1S/C19H22N4O2/c1-12(2)23-18-15(11-21-23)9-16(13(3)22-18)19(24)20-10-14-7-5-6-8-17(14)25-4/h5-9,11-12H,10H2,1-4H3,(H,20,24). The second-order valence-electron chi connectivity index (χ2n) is 6.21. The van der Waals surface area contributed by atoms with E-state index in [1.54, 1.807) is 13.3 Å². The normalized spacial score (nSPS) is 11.1. The van der Waals surface area contributed by atoms with E-state index < -0.39 is 0 Å². The van der Waals surface area contributed by atoms with Crippen molar-refractivity contribution in [3.63, 3.8) is 0 Å². The van der Waals surface area contributed by atoms with Crippen LogP contribution in [0.2, 0.25) is 0 Å². The molecule has 2 aromatic heterocycles. The zero-order chi connectivity index (χ0) is 18.0. The van der Waals surface area contributed by atoms with Crippen LogP contribution in [0.25, 0.3) is 11.0 Å². The van der Waals surface area contributed by atoms with Crippen LogP contribution in [-0.4, -0.2) is 27.8 Å². The van der Waals surface area contributed by atoms with Crippen LogP contribution in [0.3, 0.4) is 0 Å². The molecule has 0 atom stereocenters. The largest absolute Gasteiger partial charge is 0.496 e. The number of amides is 1. The van der Waals surface area contributed by atoms with Gasteiger partial charge in [0.15, 0.2) is 5.65 Å². The highest BCUT2D eigenvalue weighted by molar-refractivity contribution is 5.98. The number of aromatic nitrogens is 3. The first kappa shape index (κ1) is 17.0. The van der Waals surface area contributed by atoms with Gasteiger partial charge >= 0.3 is 0 Å². The number of aryl methyl sites for hydroxylation is 1. The fraction of sp³-hybridized carbons (Fsp3) is 0.316. The van der Waals surface area contributed by atoms with Gasteiger partial charge in [0.2, 0.25) is 0 Å². The number of para-hydroxylation sites is 1. The van der Waals surface area contributed by atoms with Crippen molar-refractivity contribution in [3.05, 3.63) is 53.3 Å². The lowest BCUT2D eigenvalue weighted by Gasteiger charge is -2.11. The zero-order valence-electron chi connectivity index (χ0n) is 14.9. The summed E-state index contributed by atoms with van der Waals surface area (Å²) in [6.07, 6.45) is 1.75. The topological polar surface area (TPSA) is 69.0 Å². The number of nitrogens with zero attached hydrogens (tertiary/aromatic N) is 3. The van der Waals surface area contributed by atoms with Gasteiger partial charge in [0.05, 0.1) is 24.6 Å². The molecule has 0 saturated heterocycles. The van der Waals surface area contributed by atoms with Gasteiger partial charge in [-0.3, -0.25) is 4.79 Å². The smallest absolute Gasteiger partial charge is 0.253 e. The molecule has 0 fully saturated rings. The number of carbonyl (C=O) groups is 1. The lowest BCUT2D eigenvalue weighted by Crippen LogP contribution is -2.24. The highest BCUT2D eigenvalue weighted by Crippen LogP contribution is 2.20. The number of pyridine rings is 1. The Morgan fingerprint density at radius 3 is 2.80 bits per heavy atom. The highest BCUT2D eigenvalue weighted by Gasteiger charge is 2.15. The molecular formula is C19H22N4O2. The fourth-order valence-electron chi connectivity index (χ4n) is 2.79. The summed E-state index contributed by atoms with van der Waals surface area (Å²) < 4.78 is 7.18. The number of hydrogen-bond donors (Lipinski definition) is 1. The Hall–Kier alpha value is -2.89. The molecule has 0 aliphatic carbocycles. The molecule has 6 heteroatoms. The van der Waals surface area contributed by atoms with E-state index in [9.17, 15) is 4.79 Å². The van der Waals surface area contributed by atoms with E-state index >= 15 is 0 Å². The second kappa shape index (κ2) is 6.93. The van der Waals surface area contributed by atoms with E-state index in [-0.39, 0.29) is 11.9 Å². The fourth-order valence-corrected chi connectivity index (χ4v) is 2.79. The first-order valence-electron chi connectivity index (χ1n) is 8.26. The molecule has 25 heavy (non-hydrogen) atoms. The third-order valence-corrected chi connectivity index (χ3v) is 4.13. The molecule has 0 unspecified atom stereocenters. The summed E-state index contributed by atoms with van der Waals surface area (Å²) in [5, 5.41) is 8.16. The van der Waals surface area contributed by atoms with Crippen molar-refractivity contribution in [2.75, 3.05) is 7.11 Å². The maximum Gasteiger partial charge on any atom is 0.253 e. The minimum Gasteiger partial charge on any atom is -0.496 e. The van der Waals surface area contributed by atoms with Gasteiger partial charge in [-0.2, -0.15) is 5.10 Å². The molecule has 3 rings (SSSR count). The van der Waals surface area contributed by atoms with Crippen LogP contribution in [0.5, 0.6) is 5.75 Å². The Bertz CT molecular complexity index is 915. The Morgan fingerprint density at radius 2 is 2.08 bits per heavy atom. The van der Waals surface area contributed by atoms with Crippen LogP contribution in [0.15, 0.2) is 36.5 Å². The number of hydrogen-bond acceptors (Lipinski definition) is 4. The predicted octanol–water partition coefficient (Wildman–Crippen LogP) is 3.26. The predicted molar refractivity (Wildman–Crippen MR) is 96.8 cm³/mol. The van der Waals surface area contributed by atoms with E-state index in [0.717, 1.165) is 22.3 Å². The van der Waals surface area contributed by atoms with Crippen molar-refractivity contribution < 1.29 is 9.53 Å². The van der Waals surface area contributed by atoms with Crippen LogP contribution >= 0.6 is 0 Å². The Kier molecular flexibility index (Phi) is 4.70. The zero-order valence-corrected chi connectivity index (χ0v) is 14.9. The summed E-state index contributed by atoms with van der Waals surface area (Å²) in [5.74, 6) is 0.599. The molecule has 0 aliphatic rings. The van der Waals surface area contributed by atoms with E-state index in [1.165, 1.54) is 0 Å². The van der Waals surface area contributed by atoms with Crippen LogP contribution in [0.1, 0.15) is 41.5 Å². The van der Waals surface area contributed by atoms with Crippen molar-refractivity contribution >= 4 is 16.9 Å². The monoisotopic (exact) mass is 338 g/mol. The van der Waals surface area contributed by atoms with Gasteiger partial charge in [-0.05, 0) is 32.9 Å². The van der Waals surface area contributed by atoms with Gasteiger partial charge in [0.1, 0.15) is 5.75 Å². The van der Waals surface area contributed by atoms with Crippen molar-refractivity contribution in [1.82, 2.24) is 20.1 Å². The Balaban J connectivity index is 1.83. The molecule has 1 amide bonds. The molecule has 0 spiro atoms. The van der Waals surface area contributed by atoms with Crippen molar-refractivity contribution in [3.8, 4) is 5.75 Å². The molecule has 0 radical (unpaired) electrons. The lowest BCUT2D eigenvalue weighted by atomic mass is 10.1. The van der Waals surface area contributed by atoms with Gasteiger partial charge in [0.25, 0.3) is 5.91 Å². The average Bonchev–Trinajstić information content (AvgIpc) is 3.02. The maximum absolute atomic E-state index is 12.6. The molecule has 6 nitrogen and oxygen atoms in total. The van der Waals surface area contributed by atoms with Gasteiger partial charge < -0.3 is 10.1 Å². The number of methoxy groups -OCH3 is 1. The number of carbonyl (C=O) groups excluding carboxylic acids is 1. The highest BCUT2D eigenvalue weighted by atomic mass is 16.5. The van der Waals surface area contributed by atoms with E-state index in [1.807, 2.05) is 41.9 Å². The third kappa shape index (κ3) is 3.33.